The third-order valence-electron chi connectivity index (χ3n) is 2.67. The van der Waals surface area contributed by atoms with Crippen molar-refractivity contribution in [3.8, 4) is 5.75 Å². The molecule has 1 heterocycles. The Labute approximate surface area is 122 Å². The maximum Gasteiger partial charge on any atom is 0.265 e. The van der Waals surface area contributed by atoms with Crippen LogP contribution in [0.5, 0.6) is 5.75 Å². The fourth-order valence-corrected chi connectivity index (χ4v) is 1.87. The number of rotatable bonds is 5. The lowest BCUT2D eigenvalue weighted by atomic mass is 10.2. The van der Waals surface area contributed by atoms with Crippen LogP contribution in [-0.4, -0.2) is 17.0 Å². The van der Waals surface area contributed by atoms with Crippen molar-refractivity contribution < 1.29 is 9.53 Å². The largest absolute Gasteiger partial charge is 0.481 e. The molecular weight excluding hydrogens is 276 g/mol. The van der Waals surface area contributed by atoms with E-state index in [2.05, 4.69) is 10.3 Å². The molecular formula is C15H15ClN2O2. The second-order valence-corrected chi connectivity index (χ2v) is 4.64. The smallest absolute Gasteiger partial charge is 0.265 e. The fraction of sp³-hybridized carbons (Fsp3) is 0.200. The van der Waals surface area contributed by atoms with Crippen LogP contribution in [0.25, 0.3) is 0 Å². The molecule has 0 aliphatic carbocycles. The molecule has 0 saturated heterocycles. The average Bonchev–Trinajstić information content (AvgIpc) is 2.46. The molecule has 0 spiro atoms. The summed E-state index contributed by atoms with van der Waals surface area (Å²) >= 11 is 5.89. The van der Waals surface area contributed by atoms with E-state index in [0.717, 1.165) is 0 Å². The van der Waals surface area contributed by atoms with E-state index in [9.17, 15) is 4.79 Å². The molecule has 4 nitrogen and oxygen atoms in total. The van der Waals surface area contributed by atoms with Crippen molar-refractivity contribution in [1.29, 1.82) is 0 Å². The van der Waals surface area contributed by atoms with Crippen LogP contribution < -0.4 is 10.1 Å². The van der Waals surface area contributed by atoms with E-state index in [4.69, 9.17) is 16.3 Å². The van der Waals surface area contributed by atoms with Crippen LogP contribution in [-0.2, 0) is 4.79 Å². The Hall–Kier alpha value is -2.07. The quantitative estimate of drug-likeness (QED) is 0.916. The highest BCUT2D eigenvalue weighted by atomic mass is 35.5. The monoisotopic (exact) mass is 290 g/mol. The van der Waals surface area contributed by atoms with Gasteiger partial charge in [0.15, 0.2) is 6.10 Å². The van der Waals surface area contributed by atoms with Crippen molar-refractivity contribution in [2.75, 3.05) is 5.32 Å². The first-order valence-electron chi connectivity index (χ1n) is 6.32. The van der Waals surface area contributed by atoms with Crippen LogP contribution in [0, 0.1) is 0 Å². The van der Waals surface area contributed by atoms with E-state index in [1.165, 1.54) is 0 Å². The van der Waals surface area contributed by atoms with Gasteiger partial charge in [-0.3, -0.25) is 9.78 Å². The topological polar surface area (TPSA) is 51.2 Å². The number of nitrogens with one attached hydrogen (secondary N) is 1. The SMILES string of the molecule is CC[C@H](Oc1cccc(Cl)c1)C(=O)Nc1cccnc1. The molecule has 1 aromatic carbocycles. The van der Waals surface area contributed by atoms with Gasteiger partial charge in [0.1, 0.15) is 5.75 Å². The predicted octanol–water partition coefficient (Wildman–Crippen LogP) is 3.53. The number of hydrogen-bond acceptors (Lipinski definition) is 3. The van der Waals surface area contributed by atoms with E-state index < -0.39 is 6.10 Å². The van der Waals surface area contributed by atoms with Gasteiger partial charge in [-0.25, -0.2) is 0 Å². The van der Waals surface area contributed by atoms with Crippen molar-refractivity contribution in [3.05, 3.63) is 53.8 Å². The van der Waals surface area contributed by atoms with Crippen LogP contribution in [0.4, 0.5) is 5.69 Å². The molecule has 0 bridgehead atoms. The Balaban J connectivity index is 2.02. The van der Waals surface area contributed by atoms with Gasteiger partial charge in [-0.1, -0.05) is 24.6 Å². The molecule has 0 radical (unpaired) electrons. The highest BCUT2D eigenvalue weighted by Gasteiger charge is 2.18. The Bertz CT molecular complexity index is 575. The van der Waals surface area contributed by atoms with Gasteiger partial charge in [0.2, 0.25) is 0 Å². The number of carbonyl (C=O) groups is 1. The highest BCUT2D eigenvalue weighted by molar-refractivity contribution is 6.30. The summed E-state index contributed by atoms with van der Waals surface area (Å²) in [5.74, 6) is 0.367. The average molecular weight is 291 g/mol. The summed E-state index contributed by atoms with van der Waals surface area (Å²) in [7, 11) is 0. The van der Waals surface area contributed by atoms with Crippen molar-refractivity contribution in [2.24, 2.45) is 0 Å². The molecule has 20 heavy (non-hydrogen) atoms. The summed E-state index contributed by atoms with van der Waals surface area (Å²) in [6.45, 7) is 1.89. The zero-order valence-corrected chi connectivity index (χ0v) is 11.8. The Morgan fingerprint density at radius 1 is 1.40 bits per heavy atom. The number of carbonyl (C=O) groups excluding carboxylic acids is 1. The van der Waals surface area contributed by atoms with E-state index in [1.807, 2.05) is 6.92 Å². The molecule has 5 heteroatoms. The number of nitrogens with zero attached hydrogens (tertiary/aromatic N) is 1. The Morgan fingerprint density at radius 3 is 2.90 bits per heavy atom. The first-order chi connectivity index (χ1) is 9.69. The molecule has 1 atom stereocenters. The third-order valence-corrected chi connectivity index (χ3v) is 2.90. The second-order valence-electron chi connectivity index (χ2n) is 4.20. The standard InChI is InChI=1S/C15H15ClN2O2/c1-2-14(20-13-7-3-5-11(16)9-13)15(19)18-12-6-4-8-17-10-12/h3-10,14H,2H2,1H3,(H,18,19)/t14-/m0/s1. The molecule has 2 aromatic rings. The van der Waals surface area contributed by atoms with Crippen molar-refractivity contribution in [2.45, 2.75) is 19.4 Å². The lowest BCUT2D eigenvalue weighted by molar-refractivity contribution is -0.122. The lowest BCUT2D eigenvalue weighted by Gasteiger charge is -2.17. The molecule has 0 unspecified atom stereocenters. The maximum absolute atomic E-state index is 12.1. The zero-order valence-electron chi connectivity index (χ0n) is 11.0. The van der Waals surface area contributed by atoms with Gasteiger partial charge in [0.25, 0.3) is 5.91 Å². The van der Waals surface area contributed by atoms with E-state index in [-0.39, 0.29) is 5.91 Å². The number of amides is 1. The second kappa shape index (κ2) is 6.91. The molecule has 0 aliphatic heterocycles. The van der Waals surface area contributed by atoms with Gasteiger partial charge in [0.05, 0.1) is 11.9 Å². The van der Waals surface area contributed by atoms with Gasteiger partial charge >= 0.3 is 0 Å². The molecule has 0 saturated carbocycles. The fourth-order valence-electron chi connectivity index (χ4n) is 1.69. The van der Waals surface area contributed by atoms with E-state index >= 15 is 0 Å². The summed E-state index contributed by atoms with van der Waals surface area (Å²) in [5, 5.41) is 3.34. The normalized spacial score (nSPS) is 11.7. The summed E-state index contributed by atoms with van der Waals surface area (Å²) in [6, 6.07) is 10.5. The van der Waals surface area contributed by atoms with Crippen molar-refractivity contribution in [3.63, 3.8) is 0 Å². The van der Waals surface area contributed by atoms with Gasteiger partial charge in [-0.2, -0.15) is 0 Å². The van der Waals surface area contributed by atoms with Crippen LogP contribution in [0.2, 0.25) is 5.02 Å². The van der Waals surface area contributed by atoms with Gasteiger partial charge in [0, 0.05) is 11.2 Å². The molecule has 104 valence electrons. The number of halogens is 1. The number of benzene rings is 1. The Morgan fingerprint density at radius 2 is 2.25 bits per heavy atom. The van der Waals surface area contributed by atoms with E-state index in [1.54, 1.807) is 48.8 Å². The maximum atomic E-state index is 12.1. The highest BCUT2D eigenvalue weighted by Crippen LogP contribution is 2.19. The lowest BCUT2D eigenvalue weighted by Crippen LogP contribution is -2.32. The molecule has 2 rings (SSSR count). The summed E-state index contributed by atoms with van der Waals surface area (Å²) < 4.78 is 5.66. The first-order valence-corrected chi connectivity index (χ1v) is 6.70. The van der Waals surface area contributed by atoms with Crippen LogP contribution in [0.15, 0.2) is 48.8 Å². The predicted molar refractivity (Wildman–Crippen MR) is 79.0 cm³/mol. The van der Waals surface area contributed by atoms with Gasteiger partial charge in [-0.05, 0) is 36.8 Å². The van der Waals surface area contributed by atoms with Gasteiger partial charge in [-0.15, -0.1) is 0 Å². The minimum Gasteiger partial charge on any atom is -0.481 e. The number of anilines is 1. The minimum atomic E-state index is -0.575. The number of pyridine rings is 1. The summed E-state index contributed by atoms with van der Waals surface area (Å²) in [5.41, 5.74) is 0.644. The van der Waals surface area contributed by atoms with Crippen LogP contribution in [0.1, 0.15) is 13.3 Å². The number of hydrogen-bond donors (Lipinski definition) is 1. The first kappa shape index (κ1) is 14.3. The molecule has 1 aromatic heterocycles. The Kier molecular flexibility index (Phi) is 4.96. The minimum absolute atomic E-state index is 0.208. The van der Waals surface area contributed by atoms with Crippen LogP contribution >= 0.6 is 11.6 Å². The summed E-state index contributed by atoms with van der Waals surface area (Å²) in [6.07, 6.45) is 3.21. The van der Waals surface area contributed by atoms with Crippen molar-refractivity contribution in [1.82, 2.24) is 4.98 Å². The molecule has 0 fully saturated rings. The third kappa shape index (κ3) is 3.96. The number of aromatic nitrogens is 1. The van der Waals surface area contributed by atoms with Crippen molar-refractivity contribution >= 4 is 23.2 Å². The zero-order chi connectivity index (χ0) is 14.4. The number of ether oxygens (including phenoxy) is 1. The molecule has 1 N–H and O–H groups in total. The molecule has 0 aliphatic rings. The summed E-state index contributed by atoms with van der Waals surface area (Å²) in [4.78, 5) is 16.1. The molecule has 1 amide bonds. The van der Waals surface area contributed by atoms with Gasteiger partial charge < -0.3 is 10.1 Å². The van der Waals surface area contributed by atoms with Crippen LogP contribution in [0.3, 0.4) is 0 Å². The van der Waals surface area contributed by atoms with E-state index in [0.29, 0.717) is 22.9 Å².